The molecule has 0 spiro atoms. The van der Waals surface area contributed by atoms with Crippen LogP contribution in [0.3, 0.4) is 0 Å². The van der Waals surface area contributed by atoms with E-state index in [0.717, 1.165) is 29.8 Å². The molecule has 2 aliphatic rings. The van der Waals surface area contributed by atoms with Crippen molar-refractivity contribution >= 4 is 34.8 Å². The standard InChI is InChI=1S/C26H29N7O4/c1-31(2)16-23(35)33-11-12-37-25-21(33)13-18(14-27-25)29-26-28-15-20(24(30-26)36-3)17-6-8-19(9-7-17)32-10-4-5-22(32)34/h6-9,13-15H,4-5,10-12,16H2,1-3H3,(H,28,29,30). The van der Waals surface area contributed by atoms with E-state index in [2.05, 4.69) is 20.3 Å². The third-order valence-corrected chi connectivity index (χ3v) is 6.20. The Labute approximate surface area is 215 Å². The molecule has 0 aliphatic carbocycles. The van der Waals surface area contributed by atoms with Crippen LogP contribution in [0, 0.1) is 0 Å². The molecular weight excluding hydrogens is 474 g/mol. The number of nitrogens with zero attached hydrogens (tertiary/aromatic N) is 6. The molecule has 4 heterocycles. The van der Waals surface area contributed by atoms with Gasteiger partial charge in [-0.15, -0.1) is 0 Å². The van der Waals surface area contributed by atoms with E-state index in [1.165, 1.54) is 0 Å². The van der Waals surface area contributed by atoms with Gasteiger partial charge in [-0.05, 0) is 44.3 Å². The first-order chi connectivity index (χ1) is 17.9. The fraction of sp³-hybridized carbons (Fsp3) is 0.346. The van der Waals surface area contributed by atoms with Crippen LogP contribution in [0.4, 0.5) is 23.0 Å². The van der Waals surface area contributed by atoms with Gasteiger partial charge in [-0.2, -0.15) is 4.98 Å². The highest BCUT2D eigenvalue weighted by Crippen LogP contribution is 2.34. The first-order valence-electron chi connectivity index (χ1n) is 12.1. The van der Waals surface area contributed by atoms with Crippen LogP contribution in [0.15, 0.2) is 42.7 Å². The molecule has 11 nitrogen and oxygen atoms in total. The second kappa shape index (κ2) is 10.4. The molecule has 2 aliphatic heterocycles. The number of likely N-dealkylation sites (N-methyl/N-ethyl adjacent to an activating group) is 1. The van der Waals surface area contributed by atoms with Gasteiger partial charge in [0, 0.05) is 24.8 Å². The number of aromatic nitrogens is 3. The summed E-state index contributed by atoms with van der Waals surface area (Å²) in [5, 5.41) is 3.15. The summed E-state index contributed by atoms with van der Waals surface area (Å²) >= 11 is 0. The van der Waals surface area contributed by atoms with Gasteiger partial charge in [-0.1, -0.05) is 12.1 Å². The summed E-state index contributed by atoms with van der Waals surface area (Å²) in [6.45, 7) is 1.88. The predicted octanol–water partition coefficient (Wildman–Crippen LogP) is 2.70. The Morgan fingerprint density at radius 3 is 2.68 bits per heavy atom. The molecule has 0 bridgehead atoms. The molecule has 2 amide bonds. The van der Waals surface area contributed by atoms with Gasteiger partial charge in [-0.3, -0.25) is 9.59 Å². The van der Waals surface area contributed by atoms with Gasteiger partial charge in [0.15, 0.2) is 0 Å². The van der Waals surface area contributed by atoms with Gasteiger partial charge in [0.1, 0.15) is 12.3 Å². The van der Waals surface area contributed by atoms with Crippen molar-refractivity contribution in [2.24, 2.45) is 0 Å². The van der Waals surface area contributed by atoms with E-state index in [0.29, 0.717) is 48.7 Å². The lowest BCUT2D eigenvalue weighted by atomic mass is 10.1. The van der Waals surface area contributed by atoms with Crippen molar-refractivity contribution in [1.29, 1.82) is 0 Å². The quantitative estimate of drug-likeness (QED) is 0.520. The predicted molar refractivity (Wildman–Crippen MR) is 140 cm³/mol. The van der Waals surface area contributed by atoms with Crippen molar-refractivity contribution < 1.29 is 19.1 Å². The van der Waals surface area contributed by atoms with Gasteiger partial charge in [0.05, 0.1) is 37.6 Å². The smallest absolute Gasteiger partial charge is 0.241 e. The van der Waals surface area contributed by atoms with Crippen molar-refractivity contribution in [3.8, 4) is 22.9 Å². The third-order valence-electron chi connectivity index (χ3n) is 6.20. The second-order valence-corrected chi connectivity index (χ2v) is 9.12. The fourth-order valence-electron chi connectivity index (χ4n) is 4.43. The van der Waals surface area contributed by atoms with E-state index in [9.17, 15) is 9.59 Å². The van der Waals surface area contributed by atoms with E-state index in [-0.39, 0.29) is 18.4 Å². The maximum Gasteiger partial charge on any atom is 0.241 e. The molecule has 2 aromatic heterocycles. The molecule has 3 aromatic rings. The number of carbonyl (C=O) groups excluding carboxylic acids is 2. The Balaban J connectivity index is 1.36. The Kier molecular flexibility index (Phi) is 6.87. The summed E-state index contributed by atoms with van der Waals surface area (Å²) in [7, 11) is 5.26. The summed E-state index contributed by atoms with van der Waals surface area (Å²) in [5.74, 6) is 1.26. The molecule has 11 heteroatoms. The lowest BCUT2D eigenvalue weighted by Crippen LogP contribution is -2.42. The molecule has 0 atom stereocenters. The minimum absolute atomic E-state index is 0.0316. The van der Waals surface area contributed by atoms with Gasteiger partial charge in [0.2, 0.25) is 29.5 Å². The van der Waals surface area contributed by atoms with E-state index in [4.69, 9.17) is 9.47 Å². The fourth-order valence-corrected chi connectivity index (χ4v) is 4.43. The average Bonchev–Trinajstić information content (AvgIpc) is 3.33. The Hall–Kier alpha value is -4.25. The molecule has 1 N–H and O–H groups in total. The molecule has 0 saturated carbocycles. The summed E-state index contributed by atoms with van der Waals surface area (Å²) in [4.78, 5) is 43.4. The SMILES string of the molecule is COc1nc(Nc2cnc3c(c2)N(C(=O)CN(C)C)CCO3)ncc1-c1ccc(N2CCCC2=O)cc1. The Bertz CT molecular complexity index is 1310. The van der Waals surface area contributed by atoms with E-state index in [1.807, 2.05) is 43.3 Å². The molecule has 1 aromatic carbocycles. The van der Waals surface area contributed by atoms with Crippen LogP contribution >= 0.6 is 0 Å². The number of ether oxygens (including phenoxy) is 2. The summed E-state index contributed by atoms with van der Waals surface area (Å²) in [6.07, 6.45) is 4.77. The molecule has 1 saturated heterocycles. The Morgan fingerprint density at radius 1 is 1.16 bits per heavy atom. The van der Waals surface area contributed by atoms with Gasteiger partial charge in [0.25, 0.3) is 0 Å². The van der Waals surface area contributed by atoms with Crippen molar-refractivity contribution in [2.45, 2.75) is 12.8 Å². The average molecular weight is 504 g/mol. The van der Waals surface area contributed by atoms with Crippen molar-refractivity contribution in [3.63, 3.8) is 0 Å². The number of hydrogen-bond donors (Lipinski definition) is 1. The van der Waals surface area contributed by atoms with Gasteiger partial charge in [-0.25, -0.2) is 9.97 Å². The number of methoxy groups -OCH3 is 1. The summed E-state index contributed by atoms with van der Waals surface area (Å²) in [5.41, 5.74) is 3.70. The van der Waals surface area contributed by atoms with Crippen LogP contribution in [0.2, 0.25) is 0 Å². The van der Waals surface area contributed by atoms with E-state index >= 15 is 0 Å². The number of benzene rings is 1. The van der Waals surface area contributed by atoms with Crippen molar-refractivity contribution in [1.82, 2.24) is 19.9 Å². The highest BCUT2D eigenvalue weighted by molar-refractivity contribution is 5.97. The van der Waals surface area contributed by atoms with Crippen LogP contribution in [0.1, 0.15) is 12.8 Å². The monoisotopic (exact) mass is 503 g/mol. The van der Waals surface area contributed by atoms with Gasteiger partial charge < -0.3 is 29.5 Å². The minimum Gasteiger partial charge on any atom is -0.480 e. The van der Waals surface area contributed by atoms with E-state index in [1.54, 1.807) is 35.4 Å². The van der Waals surface area contributed by atoms with Crippen LogP contribution in [0.25, 0.3) is 11.1 Å². The number of fused-ring (bicyclic) bond motifs is 1. The van der Waals surface area contributed by atoms with Crippen LogP contribution in [-0.2, 0) is 9.59 Å². The lowest BCUT2D eigenvalue weighted by molar-refractivity contribution is -0.119. The first-order valence-corrected chi connectivity index (χ1v) is 12.1. The molecule has 5 rings (SSSR count). The van der Waals surface area contributed by atoms with Crippen LogP contribution in [0.5, 0.6) is 11.8 Å². The topological polar surface area (TPSA) is 113 Å². The Morgan fingerprint density at radius 2 is 1.97 bits per heavy atom. The van der Waals surface area contributed by atoms with Crippen molar-refractivity contribution in [2.75, 3.05) is 62.6 Å². The summed E-state index contributed by atoms with van der Waals surface area (Å²) in [6, 6.07) is 9.52. The maximum atomic E-state index is 12.7. The van der Waals surface area contributed by atoms with Crippen LogP contribution < -0.4 is 24.6 Å². The number of pyridine rings is 1. The summed E-state index contributed by atoms with van der Waals surface area (Å²) < 4.78 is 11.2. The molecule has 37 heavy (non-hydrogen) atoms. The third kappa shape index (κ3) is 5.17. The van der Waals surface area contributed by atoms with E-state index < -0.39 is 0 Å². The number of amides is 2. The molecule has 1 fully saturated rings. The normalized spacial score (nSPS) is 15.0. The zero-order valence-electron chi connectivity index (χ0n) is 21.1. The molecule has 192 valence electrons. The number of nitrogens with one attached hydrogen (secondary N) is 1. The number of rotatable bonds is 7. The maximum absolute atomic E-state index is 12.7. The minimum atomic E-state index is -0.0316. The molecule has 0 unspecified atom stereocenters. The van der Waals surface area contributed by atoms with Gasteiger partial charge >= 0.3 is 0 Å². The number of hydrogen-bond acceptors (Lipinski definition) is 9. The first kappa shape index (κ1) is 24.4. The number of anilines is 4. The van der Waals surface area contributed by atoms with Crippen LogP contribution in [-0.4, -0.2) is 79.1 Å². The zero-order valence-corrected chi connectivity index (χ0v) is 21.1. The molecular formula is C26H29N7O4. The largest absolute Gasteiger partial charge is 0.480 e. The highest BCUT2D eigenvalue weighted by atomic mass is 16.5. The zero-order chi connectivity index (χ0) is 25.9. The highest BCUT2D eigenvalue weighted by Gasteiger charge is 2.26. The van der Waals surface area contributed by atoms with Crippen molar-refractivity contribution in [3.05, 3.63) is 42.7 Å². The molecule has 0 radical (unpaired) electrons. The lowest BCUT2D eigenvalue weighted by Gasteiger charge is -2.29. The second-order valence-electron chi connectivity index (χ2n) is 9.12. The number of carbonyl (C=O) groups is 2.